The molecule has 0 saturated heterocycles. The third-order valence-corrected chi connectivity index (χ3v) is 15.2. The Morgan fingerprint density at radius 2 is 0.356 bits per heavy atom. The van der Waals surface area contributed by atoms with Crippen molar-refractivity contribution in [1.82, 2.24) is 0 Å². The summed E-state index contributed by atoms with van der Waals surface area (Å²) in [6.07, 6.45) is 12.8. The van der Waals surface area contributed by atoms with E-state index in [2.05, 4.69) is 39.5 Å². The highest BCUT2D eigenvalue weighted by atomic mass is 16.6. The summed E-state index contributed by atoms with van der Waals surface area (Å²) < 4.78 is 108. The summed E-state index contributed by atoms with van der Waals surface area (Å²) in [5.74, 6) is 9.47. The number of ether oxygens (including phenoxy) is 18. The van der Waals surface area contributed by atoms with Crippen molar-refractivity contribution in [3.63, 3.8) is 0 Å². The molecule has 18 nitrogen and oxygen atoms in total. The Morgan fingerprint density at radius 3 is 0.456 bits per heavy atom. The molecule has 0 radical (unpaired) electrons. The van der Waals surface area contributed by atoms with Crippen molar-refractivity contribution >= 4 is 0 Å². The summed E-state index contributed by atoms with van der Waals surface area (Å²) in [5.41, 5.74) is 11.1. The van der Waals surface area contributed by atoms with Gasteiger partial charge in [-0.15, -0.1) is 0 Å². The van der Waals surface area contributed by atoms with E-state index in [-0.39, 0.29) is 39.6 Å². The van der Waals surface area contributed by atoms with Gasteiger partial charge in [-0.25, -0.2) is 0 Å². The topological polar surface area (TPSA) is 166 Å². The van der Waals surface area contributed by atoms with E-state index in [9.17, 15) is 0 Å². The molecule has 6 aromatic carbocycles. The molecule has 0 atom stereocenters. The van der Waals surface area contributed by atoms with Gasteiger partial charge in [0.15, 0.2) is 69.0 Å². The van der Waals surface area contributed by atoms with Crippen LogP contribution in [0.2, 0.25) is 0 Å². The van der Waals surface area contributed by atoms with Crippen LogP contribution in [0.15, 0.2) is 112 Å². The summed E-state index contributed by atoms with van der Waals surface area (Å²) in [5, 5.41) is 0. The van der Waals surface area contributed by atoms with E-state index in [0.717, 1.165) is 66.8 Å². The molecule has 0 aromatic heterocycles. The van der Waals surface area contributed by atoms with E-state index < -0.39 is 0 Å². The van der Waals surface area contributed by atoms with Crippen molar-refractivity contribution in [1.29, 1.82) is 0 Å². The minimum Gasteiger partial charge on any atom is -0.493 e. The first-order valence-electron chi connectivity index (χ1n) is 28.9. The highest BCUT2D eigenvalue weighted by molar-refractivity contribution is 5.71. The smallest absolute Gasteiger partial charge is 0.204 e. The van der Waals surface area contributed by atoms with Gasteiger partial charge in [-0.1, -0.05) is 75.9 Å². The normalized spacial score (nSPS) is 11.6. The number of benzene rings is 6. The molecular weight excluding hydrogens is 1150 g/mol. The summed E-state index contributed by atoms with van der Waals surface area (Å²) in [6, 6.07) is 11.9. The molecule has 0 saturated carbocycles. The molecule has 0 heterocycles. The Kier molecular flexibility index (Phi) is 24.4. The summed E-state index contributed by atoms with van der Waals surface area (Å²) >= 11 is 0. The van der Waals surface area contributed by atoms with Gasteiger partial charge in [0.1, 0.15) is 39.6 Å². The minimum absolute atomic E-state index is 0.272. The zero-order chi connectivity index (χ0) is 65.0. The van der Waals surface area contributed by atoms with Gasteiger partial charge >= 0.3 is 0 Å². The molecule has 2 aliphatic rings. The van der Waals surface area contributed by atoms with Gasteiger partial charge in [0.25, 0.3) is 0 Å². The maximum absolute atomic E-state index is 6.10. The van der Waals surface area contributed by atoms with Crippen LogP contribution >= 0.6 is 0 Å². The third kappa shape index (κ3) is 14.0. The van der Waals surface area contributed by atoms with Crippen LogP contribution in [0.5, 0.6) is 103 Å². The van der Waals surface area contributed by atoms with Gasteiger partial charge in [0.2, 0.25) is 34.5 Å². The molecule has 8 rings (SSSR count). The molecule has 0 amide bonds. The lowest BCUT2D eigenvalue weighted by atomic mass is 9.92. The van der Waals surface area contributed by atoms with Crippen molar-refractivity contribution in [2.24, 2.45) is 0 Å². The second-order valence-corrected chi connectivity index (χ2v) is 20.1. The monoisotopic (exact) mass is 1240 g/mol. The predicted octanol–water partition coefficient (Wildman–Crippen LogP) is 13.0. The first-order valence-corrected chi connectivity index (χ1v) is 28.9. The van der Waals surface area contributed by atoms with Gasteiger partial charge < -0.3 is 85.3 Å². The Hall–Kier alpha value is -9.84. The van der Waals surface area contributed by atoms with Crippen LogP contribution in [-0.2, 0) is 38.5 Å². The van der Waals surface area contributed by atoms with Gasteiger partial charge in [-0.05, 0) is 69.8 Å². The molecule has 0 aliphatic heterocycles. The molecule has 6 aromatic rings. The molecular formula is C72H84O18. The zero-order valence-corrected chi connectivity index (χ0v) is 54.0. The third-order valence-electron chi connectivity index (χ3n) is 15.2. The fourth-order valence-corrected chi connectivity index (χ4v) is 11.4. The van der Waals surface area contributed by atoms with E-state index in [1.54, 1.807) is 122 Å². The van der Waals surface area contributed by atoms with E-state index >= 15 is 0 Å². The highest BCUT2D eigenvalue weighted by Gasteiger charge is 2.34. The zero-order valence-electron chi connectivity index (χ0n) is 54.0. The highest BCUT2D eigenvalue weighted by Crippen LogP contribution is 2.54. The van der Waals surface area contributed by atoms with Crippen molar-refractivity contribution in [2.45, 2.75) is 38.5 Å². The predicted molar refractivity (Wildman–Crippen MR) is 348 cm³/mol. The van der Waals surface area contributed by atoms with Crippen molar-refractivity contribution in [3.8, 4) is 103 Å². The largest absolute Gasteiger partial charge is 0.493 e. The minimum atomic E-state index is 0.272. The number of hydrogen-bond donors (Lipinski definition) is 0. The standard InChI is InChI=1S/2C36H42O9/c2*1-10-13-43-34-28(37-4)19-22-17-26-24(21-30(39-6)36(32(26)41-8)45-15-12-3)18-27-23(16-25(22)31(34)40-7)20-29(38-5)35(33(27)42-9)44-14-11-2/h2*10-12,19-21H,1-3,13-18H2,4-9H3. The molecule has 480 valence electrons. The van der Waals surface area contributed by atoms with Gasteiger partial charge in [0, 0.05) is 71.9 Å². The van der Waals surface area contributed by atoms with Crippen LogP contribution in [0.25, 0.3) is 0 Å². The summed E-state index contributed by atoms with van der Waals surface area (Å²) in [4.78, 5) is 0. The van der Waals surface area contributed by atoms with Crippen molar-refractivity contribution in [3.05, 3.63) is 179 Å². The van der Waals surface area contributed by atoms with Crippen LogP contribution in [0.3, 0.4) is 0 Å². The second-order valence-electron chi connectivity index (χ2n) is 20.1. The number of fused-ring (bicyclic) bond motifs is 6. The lowest BCUT2D eigenvalue weighted by molar-refractivity contribution is 0.298. The fraction of sp³-hybridized carbons (Fsp3) is 0.333. The first-order chi connectivity index (χ1) is 43.9. The number of methoxy groups -OCH3 is 12. The first kappa shape index (κ1) is 67.7. The molecule has 18 heteroatoms. The summed E-state index contributed by atoms with van der Waals surface area (Å²) in [6.45, 7) is 24.5. The van der Waals surface area contributed by atoms with E-state index in [0.29, 0.717) is 142 Å². The summed E-state index contributed by atoms with van der Waals surface area (Å²) in [7, 11) is 19.4. The van der Waals surface area contributed by atoms with Crippen molar-refractivity contribution < 1.29 is 85.3 Å². The average molecular weight is 1240 g/mol. The Bertz CT molecular complexity index is 2980. The van der Waals surface area contributed by atoms with Gasteiger partial charge in [0.05, 0.1) is 85.3 Å². The maximum atomic E-state index is 6.10. The average Bonchev–Trinajstić information content (AvgIpc) is 1.58. The number of hydrogen-bond acceptors (Lipinski definition) is 18. The fourth-order valence-electron chi connectivity index (χ4n) is 11.4. The molecule has 0 N–H and O–H groups in total. The lowest BCUT2D eigenvalue weighted by Crippen LogP contribution is -2.08. The molecule has 0 bridgehead atoms. The second kappa shape index (κ2) is 32.4. The molecule has 0 spiro atoms. The molecule has 90 heavy (non-hydrogen) atoms. The van der Waals surface area contributed by atoms with E-state index in [1.807, 2.05) is 36.4 Å². The maximum Gasteiger partial charge on any atom is 0.204 e. The quantitative estimate of drug-likeness (QED) is 0.0390. The molecule has 2 aliphatic carbocycles. The van der Waals surface area contributed by atoms with E-state index in [4.69, 9.17) is 85.3 Å². The molecule has 0 fully saturated rings. The number of rotatable bonds is 30. The van der Waals surface area contributed by atoms with Crippen LogP contribution in [0.1, 0.15) is 66.8 Å². The Labute approximate surface area is 529 Å². The van der Waals surface area contributed by atoms with Crippen LogP contribution in [0, 0.1) is 0 Å². The Balaban J connectivity index is 0.000000256. The Morgan fingerprint density at radius 1 is 0.222 bits per heavy atom. The van der Waals surface area contributed by atoms with Crippen LogP contribution < -0.4 is 85.3 Å². The molecule has 0 unspecified atom stereocenters. The van der Waals surface area contributed by atoms with E-state index in [1.165, 1.54) is 0 Å². The van der Waals surface area contributed by atoms with Gasteiger partial charge in [-0.3, -0.25) is 0 Å². The van der Waals surface area contributed by atoms with Gasteiger partial charge in [-0.2, -0.15) is 0 Å². The van der Waals surface area contributed by atoms with Crippen molar-refractivity contribution in [2.75, 3.05) is 125 Å². The lowest BCUT2D eigenvalue weighted by Gasteiger charge is -2.22. The van der Waals surface area contributed by atoms with Crippen LogP contribution in [0.4, 0.5) is 0 Å². The van der Waals surface area contributed by atoms with Crippen LogP contribution in [-0.4, -0.2) is 125 Å². The SMILES string of the molecule is C=CCOc1c(OC)cc2c(c1OC)Cc1cc(OC)c(OCC=C)c(OC)c1Cc1cc(OC)c(OCC=C)c(OC)c1C2.C=CCOc1c(OC)cc2c(c1OC)Cc1cc(OC)c(OCC=C)c(OC)c1Cc1cc(OC)c(OCC=C)c(OC)c1C2.